The first-order valence-corrected chi connectivity index (χ1v) is 8.01. The number of methoxy groups -OCH3 is 1. The first kappa shape index (κ1) is 18.3. The number of ether oxygens (including phenoxy) is 1. The zero-order valence-corrected chi connectivity index (χ0v) is 15.0. The average molecular weight is 340 g/mol. The third-order valence-electron chi connectivity index (χ3n) is 3.67. The van der Waals surface area contributed by atoms with Crippen LogP contribution < -0.4 is 20.4 Å². The number of hydrogen-bond donors (Lipinski definition) is 2. The predicted molar refractivity (Wildman–Crippen MR) is 103 cm³/mol. The van der Waals surface area contributed by atoms with Crippen LogP contribution in [0.3, 0.4) is 0 Å². The molecule has 25 heavy (non-hydrogen) atoms. The van der Waals surface area contributed by atoms with Crippen LogP contribution in [0.4, 0.5) is 11.4 Å². The molecule has 6 nitrogen and oxygen atoms in total. The smallest absolute Gasteiger partial charge is 0.262 e. The standard InChI is InChI=1S/C19H24N4O2/c1-14(21-17-7-5-6-8-18(17)25-4)19(24)22-20-13-15-9-11-16(12-10-15)23(2)3/h5-14,21H,1-4H3,(H,22,24)/b20-13+. The van der Waals surface area contributed by atoms with Crippen LogP contribution in [0.15, 0.2) is 53.6 Å². The normalized spacial score (nSPS) is 11.8. The van der Waals surface area contributed by atoms with Gasteiger partial charge in [0.15, 0.2) is 0 Å². The molecule has 1 atom stereocenters. The van der Waals surface area contributed by atoms with E-state index in [1.54, 1.807) is 20.2 Å². The maximum atomic E-state index is 12.1. The monoisotopic (exact) mass is 340 g/mol. The van der Waals surface area contributed by atoms with E-state index in [0.717, 1.165) is 16.9 Å². The summed E-state index contributed by atoms with van der Waals surface area (Å²) < 4.78 is 5.26. The fourth-order valence-electron chi connectivity index (χ4n) is 2.19. The van der Waals surface area contributed by atoms with Crippen LogP contribution in [-0.4, -0.2) is 39.4 Å². The number of benzene rings is 2. The molecule has 0 saturated carbocycles. The molecule has 6 heteroatoms. The summed E-state index contributed by atoms with van der Waals surface area (Å²) in [7, 11) is 5.57. The highest BCUT2D eigenvalue weighted by molar-refractivity contribution is 5.87. The molecule has 0 aromatic heterocycles. The van der Waals surface area contributed by atoms with Crippen LogP contribution in [0.25, 0.3) is 0 Å². The number of rotatable bonds is 7. The summed E-state index contributed by atoms with van der Waals surface area (Å²) >= 11 is 0. The molecule has 0 heterocycles. The molecular formula is C19H24N4O2. The van der Waals surface area contributed by atoms with Crippen LogP contribution >= 0.6 is 0 Å². The number of nitrogens with one attached hydrogen (secondary N) is 2. The fourth-order valence-corrected chi connectivity index (χ4v) is 2.19. The first-order valence-electron chi connectivity index (χ1n) is 8.01. The molecule has 0 bridgehead atoms. The number of carbonyl (C=O) groups excluding carboxylic acids is 1. The van der Waals surface area contributed by atoms with Crippen LogP contribution in [0.1, 0.15) is 12.5 Å². The molecule has 132 valence electrons. The summed E-state index contributed by atoms with van der Waals surface area (Å²) in [4.78, 5) is 14.2. The molecule has 2 rings (SSSR count). The van der Waals surface area contributed by atoms with Gasteiger partial charge in [-0.15, -0.1) is 0 Å². The van der Waals surface area contributed by atoms with Gasteiger partial charge in [-0.1, -0.05) is 24.3 Å². The van der Waals surface area contributed by atoms with Crippen LogP contribution in [0.5, 0.6) is 5.75 Å². The number of amides is 1. The molecule has 1 amide bonds. The van der Waals surface area contributed by atoms with Crippen molar-refractivity contribution in [2.75, 3.05) is 31.4 Å². The van der Waals surface area contributed by atoms with Gasteiger partial charge < -0.3 is 15.0 Å². The third kappa shape index (κ3) is 5.24. The van der Waals surface area contributed by atoms with E-state index in [9.17, 15) is 4.79 Å². The van der Waals surface area contributed by atoms with E-state index < -0.39 is 6.04 Å². The van der Waals surface area contributed by atoms with E-state index in [0.29, 0.717) is 5.75 Å². The van der Waals surface area contributed by atoms with Gasteiger partial charge in [0.2, 0.25) is 0 Å². The van der Waals surface area contributed by atoms with Gasteiger partial charge in [-0.05, 0) is 36.8 Å². The number of carbonyl (C=O) groups is 1. The van der Waals surface area contributed by atoms with Gasteiger partial charge in [-0.2, -0.15) is 5.10 Å². The largest absolute Gasteiger partial charge is 0.495 e. The molecule has 0 saturated heterocycles. The van der Waals surface area contributed by atoms with Crippen molar-refractivity contribution in [3.8, 4) is 5.75 Å². The fraction of sp³-hybridized carbons (Fsp3) is 0.263. The lowest BCUT2D eigenvalue weighted by atomic mass is 10.2. The van der Waals surface area contributed by atoms with Crippen LogP contribution in [0, 0.1) is 0 Å². The molecule has 2 aromatic rings. The number of nitrogens with zero attached hydrogens (tertiary/aromatic N) is 2. The van der Waals surface area contributed by atoms with Crippen molar-refractivity contribution in [3.05, 3.63) is 54.1 Å². The maximum absolute atomic E-state index is 12.1. The minimum atomic E-state index is -0.454. The molecule has 0 aliphatic rings. The van der Waals surface area contributed by atoms with Crippen LogP contribution in [-0.2, 0) is 4.79 Å². The lowest BCUT2D eigenvalue weighted by molar-refractivity contribution is -0.121. The highest BCUT2D eigenvalue weighted by Gasteiger charge is 2.13. The second-order valence-corrected chi connectivity index (χ2v) is 5.79. The Morgan fingerprint density at radius 1 is 1.16 bits per heavy atom. The lowest BCUT2D eigenvalue weighted by Gasteiger charge is -2.15. The van der Waals surface area contributed by atoms with E-state index in [1.165, 1.54) is 0 Å². The Hall–Kier alpha value is -3.02. The summed E-state index contributed by atoms with van der Waals surface area (Å²) in [6, 6.07) is 14.9. The molecule has 0 aliphatic heterocycles. The molecular weight excluding hydrogens is 316 g/mol. The molecule has 0 spiro atoms. The predicted octanol–water partition coefficient (Wildman–Crippen LogP) is 2.71. The van der Waals surface area contributed by atoms with E-state index >= 15 is 0 Å². The molecule has 1 unspecified atom stereocenters. The molecule has 2 N–H and O–H groups in total. The SMILES string of the molecule is COc1ccccc1NC(C)C(=O)N/N=C/c1ccc(N(C)C)cc1. The molecule has 0 radical (unpaired) electrons. The van der Waals surface area contributed by atoms with Gasteiger partial charge in [0, 0.05) is 19.8 Å². The lowest BCUT2D eigenvalue weighted by Crippen LogP contribution is -2.35. The van der Waals surface area contributed by atoms with Gasteiger partial charge in [-0.3, -0.25) is 4.79 Å². The molecule has 0 aliphatic carbocycles. The van der Waals surface area contributed by atoms with Crippen LogP contribution in [0.2, 0.25) is 0 Å². The van der Waals surface area contributed by atoms with E-state index in [2.05, 4.69) is 15.8 Å². The Bertz CT molecular complexity index is 726. The first-order chi connectivity index (χ1) is 12.0. The van der Waals surface area contributed by atoms with Gasteiger partial charge in [0.05, 0.1) is 19.0 Å². The quantitative estimate of drug-likeness (QED) is 0.601. The van der Waals surface area contributed by atoms with E-state index in [4.69, 9.17) is 4.74 Å². The Morgan fingerprint density at radius 3 is 2.48 bits per heavy atom. The van der Waals surface area contributed by atoms with Crippen molar-refractivity contribution in [3.63, 3.8) is 0 Å². The van der Waals surface area contributed by atoms with Gasteiger partial charge in [0.25, 0.3) is 5.91 Å². The topological polar surface area (TPSA) is 66.0 Å². The number of hydrogen-bond acceptors (Lipinski definition) is 5. The number of para-hydroxylation sites is 2. The van der Waals surface area contributed by atoms with Crippen molar-refractivity contribution in [2.45, 2.75) is 13.0 Å². The van der Waals surface area contributed by atoms with Crippen molar-refractivity contribution >= 4 is 23.5 Å². The summed E-state index contributed by atoms with van der Waals surface area (Å²) in [5, 5.41) is 7.13. The Kier molecular flexibility index (Phi) is 6.39. The summed E-state index contributed by atoms with van der Waals surface area (Å²) in [6.45, 7) is 1.77. The Balaban J connectivity index is 1.90. The van der Waals surface area contributed by atoms with Crippen molar-refractivity contribution in [1.29, 1.82) is 0 Å². The van der Waals surface area contributed by atoms with E-state index in [-0.39, 0.29) is 5.91 Å². The second-order valence-electron chi connectivity index (χ2n) is 5.79. The highest BCUT2D eigenvalue weighted by atomic mass is 16.5. The van der Waals surface area contributed by atoms with Crippen molar-refractivity contribution in [2.24, 2.45) is 5.10 Å². The average Bonchev–Trinajstić information content (AvgIpc) is 2.62. The van der Waals surface area contributed by atoms with Gasteiger partial charge in [-0.25, -0.2) is 5.43 Å². The Labute approximate surface area is 148 Å². The van der Waals surface area contributed by atoms with Gasteiger partial charge in [0.1, 0.15) is 11.8 Å². The maximum Gasteiger partial charge on any atom is 0.262 e. The Morgan fingerprint density at radius 2 is 1.84 bits per heavy atom. The van der Waals surface area contributed by atoms with E-state index in [1.807, 2.05) is 67.5 Å². The zero-order valence-electron chi connectivity index (χ0n) is 15.0. The zero-order chi connectivity index (χ0) is 18.2. The number of hydrazone groups is 1. The minimum Gasteiger partial charge on any atom is -0.495 e. The summed E-state index contributed by atoms with van der Waals surface area (Å²) in [5.74, 6) is 0.457. The second kappa shape index (κ2) is 8.73. The van der Waals surface area contributed by atoms with Crippen molar-refractivity contribution in [1.82, 2.24) is 5.43 Å². The summed E-state index contributed by atoms with van der Waals surface area (Å²) in [6.07, 6.45) is 1.62. The minimum absolute atomic E-state index is 0.230. The molecule has 0 fully saturated rings. The summed E-state index contributed by atoms with van der Waals surface area (Å²) in [5.41, 5.74) is 5.32. The number of anilines is 2. The van der Waals surface area contributed by atoms with Gasteiger partial charge >= 0.3 is 0 Å². The third-order valence-corrected chi connectivity index (χ3v) is 3.67. The highest BCUT2D eigenvalue weighted by Crippen LogP contribution is 2.23. The molecule has 2 aromatic carbocycles. The van der Waals surface area contributed by atoms with Crippen molar-refractivity contribution < 1.29 is 9.53 Å².